The normalized spacial score (nSPS) is 12.5. The first-order chi connectivity index (χ1) is 13.0. The summed E-state index contributed by atoms with van der Waals surface area (Å²) in [6, 6.07) is 11.8. The smallest absolute Gasteiger partial charge is 0.305 e. The van der Waals surface area contributed by atoms with Crippen molar-refractivity contribution in [2.45, 2.75) is 37.0 Å². The summed E-state index contributed by atoms with van der Waals surface area (Å²) in [5.41, 5.74) is 1.32. The number of benzene rings is 2. The molecule has 1 amide bonds. The summed E-state index contributed by atoms with van der Waals surface area (Å²) in [5.74, 6) is -3.70. The van der Waals surface area contributed by atoms with Gasteiger partial charge in [-0.2, -0.15) is 8.78 Å². The number of nitrogens with zero attached hydrogens (tertiary/aromatic N) is 2. The van der Waals surface area contributed by atoms with Crippen LogP contribution in [0.4, 0.5) is 14.7 Å². The average Bonchev–Trinajstić information content (AvgIpc) is 2.99. The second-order valence-electron chi connectivity index (χ2n) is 7.21. The zero-order valence-electron chi connectivity index (χ0n) is 15.5. The van der Waals surface area contributed by atoms with E-state index in [0.29, 0.717) is 11.5 Å². The molecule has 0 aliphatic heterocycles. The number of sulfone groups is 1. The van der Waals surface area contributed by atoms with Crippen molar-refractivity contribution in [3.63, 3.8) is 0 Å². The SMILES string of the molecule is CC(C)(C)n1c(NC(=O)c2ccc(S(=O)(=O)C(F)F)cc2)nc2ccccc21. The number of fused-ring (bicyclic) bond motifs is 1. The third-order valence-electron chi connectivity index (χ3n) is 4.14. The fraction of sp³-hybridized carbons (Fsp3) is 0.263. The van der Waals surface area contributed by atoms with Crippen LogP contribution in [0.2, 0.25) is 0 Å². The van der Waals surface area contributed by atoms with Gasteiger partial charge in [-0.25, -0.2) is 13.4 Å². The van der Waals surface area contributed by atoms with E-state index in [4.69, 9.17) is 0 Å². The van der Waals surface area contributed by atoms with E-state index < -0.39 is 26.4 Å². The third-order valence-corrected chi connectivity index (χ3v) is 5.53. The Bertz CT molecular complexity index is 1130. The maximum absolute atomic E-state index is 12.6. The first-order valence-electron chi connectivity index (χ1n) is 8.43. The van der Waals surface area contributed by atoms with Gasteiger partial charge in [-0.3, -0.25) is 10.1 Å². The van der Waals surface area contributed by atoms with E-state index in [1.54, 1.807) is 0 Å². The van der Waals surface area contributed by atoms with Crippen molar-refractivity contribution in [3.8, 4) is 0 Å². The van der Waals surface area contributed by atoms with E-state index in [0.717, 1.165) is 17.6 Å². The molecule has 1 N–H and O–H groups in total. The lowest BCUT2D eigenvalue weighted by atomic mass is 10.1. The van der Waals surface area contributed by atoms with Gasteiger partial charge in [0.25, 0.3) is 5.91 Å². The minimum atomic E-state index is -4.70. The molecule has 6 nitrogen and oxygen atoms in total. The van der Waals surface area contributed by atoms with Crippen LogP contribution in [-0.4, -0.2) is 29.6 Å². The van der Waals surface area contributed by atoms with Crippen molar-refractivity contribution >= 4 is 32.7 Å². The van der Waals surface area contributed by atoms with Gasteiger partial charge >= 0.3 is 5.76 Å². The Hall–Kier alpha value is -2.81. The largest absolute Gasteiger partial charge is 0.341 e. The van der Waals surface area contributed by atoms with Crippen molar-refractivity contribution in [3.05, 3.63) is 54.1 Å². The van der Waals surface area contributed by atoms with E-state index in [1.165, 1.54) is 12.1 Å². The predicted molar refractivity (Wildman–Crippen MR) is 102 cm³/mol. The highest BCUT2D eigenvalue weighted by Gasteiger charge is 2.27. The molecule has 0 aliphatic rings. The summed E-state index contributed by atoms with van der Waals surface area (Å²) in [6.07, 6.45) is 0. The van der Waals surface area contributed by atoms with Gasteiger partial charge in [0.1, 0.15) is 0 Å². The molecule has 1 heterocycles. The molecular weight excluding hydrogens is 388 g/mol. The van der Waals surface area contributed by atoms with Gasteiger partial charge in [0, 0.05) is 11.1 Å². The number of nitrogens with one attached hydrogen (secondary N) is 1. The van der Waals surface area contributed by atoms with Crippen LogP contribution in [0.5, 0.6) is 0 Å². The maximum atomic E-state index is 12.6. The van der Waals surface area contributed by atoms with E-state index >= 15 is 0 Å². The summed E-state index contributed by atoms with van der Waals surface area (Å²) in [7, 11) is -4.70. The first-order valence-corrected chi connectivity index (χ1v) is 9.98. The van der Waals surface area contributed by atoms with Gasteiger partial charge in [0.05, 0.1) is 15.9 Å². The molecule has 0 fully saturated rings. The minimum Gasteiger partial charge on any atom is -0.305 e. The standard InChI is InChI=1S/C19H19F2N3O3S/c1-19(2,3)24-15-7-5-4-6-14(15)22-18(24)23-16(25)12-8-10-13(11-9-12)28(26,27)17(20)21/h4-11,17H,1-3H3,(H,22,23,25). The van der Waals surface area contributed by atoms with Crippen LogP contribution in [-0.2, 0) is 15.4 Å². The number of imidazole rings is 1. The summed E-state index contributed by atoms with van der Waals surface area (Å²) >= 11 is 0. The Labute approximate surface area is 161 Å². The van der Waals surface area contributed by atoms with Crippen LogP contribution in [0, 0.1) is 0 Å². The molecule has 0 saturated heterocycles. The van der Waals surface area contributed by atoms with Gasteiger partial charge in [-0.05, 0) is 57.2 Å². The lowest BCUT2D eigenvalue weighted by Crippen LogP contribution is -2.26. The van der Waals surface area contributed by atoms with Crippen molar-refractivity contribution in [2.24, 2.45) is 0 Å². The average molecular weight is 407 g/mol. The minimum absolute atomic E-state index is 0.126. The highest BCUT2D eigenvalue weighted by atomic mass is 32.2. The number of amides is 1. The Kier molecular flexibility index (Phi) is 4.97. The first kappa shape index (κ1) is 19.9. The van der Waals surface area contributed by atoms with Gasteiger partial charge in [0.15, 0.2) is 0 Å². The molecule has 0 aliphatic carbocycles. The van der Waals surface area contributed by atoms with Crippen LogP contribution in [0.15, 0.2) is 53.4 Å². The number of aromatic nitrogens is 2. The second kappa shape index (κ2) is 6.97. The zero-order valence-corrected chi connectivity index (χ0v) is 16.3. The van der Waals surface area contributed by atoms with Crippen LogP contribution in [0.3, 0.4) is 0 Å². The van der Waals surface area contributed by atoms with Gasteiger partial charge in [0.2, 0.25) is 15.8 Å². The Morgan fingerprint density at radius 2 is 1.68 bits per heavy atom. The number of carbonyl (C=O) groups excluding carboxylic acids is 1. The predicted octanol–water partition coefficient (Wildman–Crippen LogP) is 4.04. The molecule has 0 unspecified atom stereocenters. The number of hydrogen-bond acceptors (Lipinski definition) is 4. The van der Waals surface area contributed by atoms with Crippen LogP contribution >= 0.6 is 0 Å². The molecule has 3 rings (SSSR count). The lowest BCUT2D eigenvalue weighted by molar-refractivity contribution is 0.102. The molecule has 0 bridgehead atoms. The molecule has 0 atom stereocenters. The molecule has 0 radical (unpaired) electrons. The van der Waals surface area contributed by atoms with E-state index in [9.17, 15) is 22.0 Å². The molecule has 28 heavy (non-hydrogen) atoms. The van der Waals surface area contributed by atoms with E-state index in [-0.39, 0.29) is 11.1 Å². The number of anilines is 1. The summed E-state index contributed by atoms with van der Waals surface area (Å²) < 4.78 is 50.1. The zero-order chi connectivity index (χ0) is 20.7. The van der Waals surface area contributed by atoms with Crippen LogP contribution < -0.4 is 5.32 Å². The van der Waals surface area contributed by atoms with Crippen molar-refractivity contribution in [1.29, 1.82) is 0 Å². The van der Waals surface area contributed by atoms with Crippen molar-refractivity contribution in [2.75, 3.05) is 5.32 Å². The molecule has 9 heteroatoms. The Morgan fingerprint density at radius 1 is 1.07 bits per heavy atom. The molecule has 0 saturated carbocycles. The van der Waals surface area contributed by atoms with Crippen LogP contribution in [0.25, 0.3) is 11.0 Å². The number of alkyl halides is 2. The monoisotopic (exact) mass is 407 g/mol. The Balaban J connectivity index is 1.94. The van der Waals surface area contributed by atoms with Gasteiger partial charge < -0.3 is 4.57 Å². The fourth-order valence-electron chi connectivity index (χ4n) is 2.86. The number of halogens is 2. The molecule has 148 valence electrons. The molecule has 1 aromatic heterocycles. The maximum Gasteiger partial charge on any atom is 0.341 e. The number of carbonyl (C=O) groups is 1. The van der Waals surface area contributed by atoms with Gasteiger partial charge in [-0.1, -0.05) is 12.1 Å². The molecule has 0 spiro atoms. The van der Waals surface area contributed by atoms with Crippen LogP contribution in [0.1, 0.15) is 31.1 Å². The summed E-state index contributed by atoms with van der Waals surface area (Å²) in [6.45, 7) is 5.92. The van der Waals surface area contributed by atoms with Crippen molar-refractivity contribution < 1.29 is 22.0 Å². The lowest BCUT2D eigenvalue weighted by Gasteiger charge is -2.24. The number of rotatable bonds is 4. The van der Waals surface area contributed by atoms with Gasteiger partial charge in [-0.15, -0.1) is 0 Å². The highest BCUT2D eigenvalue weighted by Crippen LogP contribution is 2.28. The topological polar surface area (TPSA) is 81.1 Å². The third kappa shape index (κ3) is 3.62. The highest BCUT2D eigenvalue weighted by molar-refractivity contribution is 7.91. The quantitative estimate of drug-likeness (QED) is 0.708. The molecular formula is C19H19F2N3O3S. The van der Waals surface area contributed by atoms with Crippen molar-refractivity contribution in [1.82, 2.24) is 9.55 Å². The number of para-hydroxylation sites is 2. The summed E-state index contributed by atoms with van der Waals surface area (Å²) in [4.78, 5) is 16.5. The Morgan fingerprint density at radius 3 is 2.25 bits per heavy atom. The van der Waals surface area contributed by atoms with E-state index in [1.807, 2.05) is 49.6 Å². The fourth-order valence-corrected chi connectivity index (χ4v) is 3.58. The number of hydrogen-bond donors (Lipinski definition) is 1. The second-order valence-corrected chi connectivity index (χ2v) is 9.13. The van der Waals surface area contributed by atoms with E-state index in [2.05, 4.69) is 10.3 Å². The summed E-state index contributed by atoms with van der Waals surface area (Å²) in [5, 5.41) is 2.72. The molecule has 2 aromatic carbocycles. The molecule has 3 aromatic rings.